The molecule has 21 heavy (non-hydrogen) atoms. The van der Waals surface area contributed by atoms with Crippen molar-refractivity contribution in [2.45, 2.75) is 12.1 Å². The van der Waals surface area contributed by atoms with Crippen LogP contribution in [0.1, 0.15) is 15.9 Å². The number of benzene rings is 1. The highest BCUT2D eigenvalue weighted by molar-refractivity contribution is 7.99. The molecule has 1 aromatic heterocycles. The van der Waals surface area contributed by atoms with Crippen molar-refractivity contribution in [3.05, 3.63) is 58.0 Å². The van der Waals surface area contributed by atoms with Gasteiger partial charge in [0.25, 0.3) is 11.5 Å². The Morgan fingerprint density at radius 2 is 1.95 bits per heavy atom. The van der Waals surface area contributed by atoms with Crippen LogP contribution in [0.3, 0.4) is 0 Å². The van der Waals surface area contributed by atoms with Crippen molar-refractivity contribution in [2.75, 3.05) is 5.75 Å². The van der Waals surface area contributed by atoms with E-state index in [9.17, 15) is 14.4 Å². The van der Waals surface area contributed by atoms with E-state index < -0.39 is 11.8 Å². The van der Waals surface area contributed by atoms with Crippen LogP contribution in [0.15, 0.2) is 46.5 Å². The van der Waals surface area contributed by atoms with Crippen molar-refractivity contribution in [1.29, 1.82) is 0 Å². The second-order valence-corrected chi connectivity index (χ2v) is 5.24. The third kappa shape index (κ3) is 4.57. The fourth-order valence-corrected chi connectivity index (χ4v) is 2.15. The summed E-state index contributed by atoms with van der Waals surface area (Å²) in [7, 11) is 0. The minimum Gasteiger partial charge on any atom is -0.301 e. The molecule has 7 heteroatoms. The van der Waals surface area contributed by atoms with E-state index in [0.717, 1.165) is 17.3 Å². The van der Waals surface area contributed by atoms with Crippen molar-refractivity contribution in [1.82, 2.24) is 15.3 Å². The number of thioether (sulfide) groups is 1. The predicted molar refractivity (Wildman–Crippen MR) is 79.2 cm³/mol. The SMILES string of the molecule is Cc1ccc(C(=O)NC(=O)CSc2nccc(=O)[nH]2)cc1. The average Bonchev–Trinajstić information content (AvgIpc) is 2.46. The highest BCUT2D eigenvalue weighted by Gasteiger charge is 2.11. The number of rotatable bonds is 4. The normalized spacial score (nSPS) is 10.1. The largest absolute Gasteiger partial charge is 0.301 e. The van der Waals surface area contributed by atoms with Crippen LogP contribution in [0.5, 0.6) is 0 Å². The quantitative estimate of drug-likeness (QED) is 0.652. The first-order valence-corrected chi connectivity index (χ1v) is 7.12. The van der Waals surface area contributed by atoms with Gasteiger partial charge in [0.2, 0.25) is 5.91 Å². The molecule has 0 aliphatic heterocycles. The zero-order valence-corrected chi connectivity index (χ0v) is 12.1. The first-order valence-electron chi connectivity index (χ1n) is 6.13. The number of hydrogen-bond donors (Lipinski definition) is 2. The molecule has 2 aromatic rings. The van der Waals surface area contributed by atoms with E-state index in [-0.39, 0.29) is 11.3 Å². The summed E-state index contributed by atoms with van der Waals surface area (Å²) in [6.07, 6.45) is 1.36. The van der Waals surface area contributed by atoms with Crippen molar-refractivity contribution in [3.8, 4) is 0 Å². The van der Waals surface area contributed by atoms with Gasteiger partial charge < -0.3 is 4.98 Å². The Hall–Kier alpha value is -2.41. The molecule has 108 valence electrons. The summed E-state index contributed by atoms with van der Waals surface area (Å²) in [4.78, 5) is 40.9. The van der Waals surface area contributed by atoms with E-state index >= 15 is 0 Å². The number of aromatic amines is 1. The van der Waals surface area contributed by atoms with Gasteiger partial charge >= 0.3 is 0 Å². The lowest BCUT2D eigenvalue weighted by atomic mass is 10.1. The first-order chi connectivity index (χ1) is 10.0. The molecule has 1 aromatic carbocycles. The number of hydrogen-bond acceptors (Lipinski definition) is 5. The van der Waals surface area contributed by atoms with E-state index in [1.165, 1.54) is 12.3 Å². The van der Waals surface area contributed by atoms with Gasteiger partial charge in [-0.2, -0.15) is 0 Å². The molecule has 0 saturated carbocycles. The van der Waals surface area contributed by atoms with Gasteiger partial charge in [-0.05, 0) is 19.1 Å². The number of carbonyl (C=O) groups excluding carboxylic acids is 2. The summed E-state index contributed by atoms with van der Waals surface area (Å²) in [5.74, 6) is -0.905. The molecular weight excluding hydrogens is 290 g/mol. The van der Waals surface area contributed by atoms with Gasteiger partial charge in [-0.1, -0.05) is 29.5 Å². The van der Waals surface area contributed by atoms with Crippen LogP contribution in [0.25, 0.3) is 0 Å². The molecule has 6 nitrogen and oxygen atoms in total. The van der Waals surface area contributed by atoms with Crippen molar-refractivity contribution >= 4 is 23.6 Å². The maximum Gasteiger partial charge on any atom is 0.257 e. The number of carbonyl (C=O) groups is 2. The summed E-state index contributed by atoms with van der Waals surface area (Å²) in [6, 6.07) is 8.19. The van der Waals surface area contributed by atoms with Gasteiger partial charge in [0.15, 0.2) is 5.16 Å². The second kappa shape index (κ2) is 6.85. The van der Waals surface area contributed by atoms with E-state index in [4.69, 9.17) is 0 Å². The van der Waals surface area contributed by atoms with Gasteiger partial charge in [-0.25, -0.2) is 4.98 Å². The molecule has 0 unspecified atom stereocenters. The summed E-state index contributed by atoms with van der Waals surface area (Å²) in [6.45, 7) is 1.91. The Kier molecular flexibility index (Phi) is 4.89. The smallest absolute Gasteiger partial charge is 0.257 e. The summed E-state index contributed by atoms with van der Waals surface area (Å²) < 4.78 is 0. The topological polar surface area (TPSA) is 91.9 Å². The number of nitrogens with one attached hydrogen (secondary N) is 2. The van der Waals surface area contributed by atoms with Gasteiger partial charge in [-0.3, -0.25) is 19.7 Å². The van der Waals surface area contributed by atoms with Gasteiger partial charge in [0, 0.05) is 17.8 Å². The molecule has 0 spiro atoms. The lowest BCUT2D eigenvalue weighted by Gasteiger charge is -2.04. The maximum atomic E-state index is 11.8. The number of nitrogens with zero attached hydrogens (tertiary/aromatic N) is 1. The maximum absolute atomic E-state index is 11.8. The van der Waals surface area contributed by atoms with E-state index in [1.807, 2.05) is 6.92 Å². The number of aryl methyl sites for hydroxylation is 1. The first kappa shape index (κ1) is 15.0. The Balaban J connectivity index is 1.88. The summed E-state index contributed by atoms with van der Waals surface area (Å²) >= 11 is 1.05. The molecule has 0 radical (unpaired) electrons. The zero-order valence-electron chi connectivity index (χ0n) is 11.3. The van der Waals surface area contributed by atoms with Crippen LogP contribution in [-0.2, 0) is 4.79 Å². The highest BCUT2D eigenvalue weighted by atomic mass is 32.2. The number of amides is 2. The zero-order chi connectivity index (χ0) is 15.2. The van der Waals surface area contributed by atoms with Crippen LogP contribution in [0, 0.1) is 6.92 Å². The Labute approximate surface area is 125 Å². The van der Waals surface area contributed by atoms with Crippen LogP contribution >= 0.6 is 11.8 Å². The fourth-order valence-electron chi connectivity index (χ4n) is 1.50. The standard InChI is InChI=1S/C14H13N3O3S/c1-9-2-4-10(5-3-9)13(20)16-12(19)8-21-14-15-7-6-11(18)17-14/h2-7H,8H2,1H3,(H,15,17,18)(H,16,19,20). The molecule has 2 amide bonds. The third-order valence-corrected chi connectivity index (χ3v) is 3.44. The lowest BCUT2D eigenvalue weighted by Crippen LogP contribution is -2.31. The summed E-state index contributed by atoms with van der Waals surface area (Å²) in [5.41, 5.74) is 1.17. The number of imide groups is 1. The molecule has 2 N–H and O–H groups in total. The minimum absolute atomic E-state index is 0.00937. The van der Waals surface area contributed by atoms with Crippen molar-refractivity contribution < 1.29 is 9.59 Å². The molecule has 0 bridgehead atoms. The molecule has 1 heterocycles. The average molecular weight is 303 g/mol. The van der Waals surface area contributed by atoms with Crippen LogP contribution in [0.2, 0.25) is 0 Å². The van der Waals surface area contributed by atoms with E-state index in [1.54, 1.807) is 24.3 Å². The molecule has 2 rings (SSSR count). The fraction of sp³-hybridized carbons (Fsp3) is 0.143. The number of H-pyrrole nitrogens is 1. The van der Waals surface area contributed by atoms with Gasteiger partial charge in [0.05, 0.1) is 5.75 Å². The van der Waals surface area contributed by atoms with Crippen LogP contribution < -0.4 is 10.9 Å². The lowest BCUT2D eigenvalue weighted by molar-refractivity contribution is -0.117. The van der Waals surface area contributed by atoms with Gasteiger partial charge in [0.1, 0.15) is 0 Å². The Morgan fingerprint density at radius 3 is 2.62 bits per heavy atom. The third-order valence-electron chi connectivity index (χ3n) is 2.55. The van der Waals surface area contributed by atoms with Crippen LogP contribution in [-0.4, -0.2) is 27.5 Å². The minimum atomic E-state index is -0.449. The van der Waals surface area contributed by atoms with Crippen molar-refractivity contribution in [3.63, 3.8) is 0 Å². The Morgan fingerprint density at radius 1 is 1.24 bits per heavy atom. The molecule has 0 aliphatic carbocycles. The number of aromatic nitrogens is 2. The molecular formula is C14H13N3O3S. The second-order valence-electron chi connectivity index (χ2n) is 4.27. The van der Waals surface area contributed by atoms with E-state index in [0.29, 0.717) is 10.7 Å². The van der Waals surface area contributed by atoms with Crippen molar-refractivity contribution in [2.24, 2.45) is 0 Å². The van der Waals surface area contributed by atoms with Gasteiger partial charge in [-0.15, -0.1) is 0 Å². The molecule has 0 atom stereocenters. The Bertz CT molecular complexity index is 710. The van der Waals surface area contributed by atoms with Crippen LogP contribution in [0.4, 0.5) is 0 Å². The monoisotopic (exact) mass is 303 g/mol. The summed E-state index contributed by atoms with van der Waals surface area (Å²) in [5, 5.41) is 2.62. The van der Waals surface area contributed by atoms with E-state index in [2.05, 4.69) is 15.3 Å². The highest BCUT2D eigenvalue weighted by Crippen LogP contribution is 2.09. The molecule has 0 aliphatic rings. The molecule has 0 saturated heterocycles. The predicted octanol–water partition coefficient (Wildman–Crippen LogP) is 1.13. The molecule has 0 fully saturated rings.